The van der Waals surface area contributed by atoms with Crippen molar-refractivity contribution in [2.45, 2.75) is 6.10 Å². The predicted octanol–water partition coefficient (Wildman–Crippen LogP) is 0.154. The van der Waals surface area contributed by atoms with Crippen molar-refractivity contribution < 1.29 is 4.74 Å². The zero-order valence-electron chi connectivity index (χ0n) is 13.2. The van der Waals surface area contributed by atoms with Crippen molar-refractivity contribution in [3.05, 3.63) is 29.8 Å². The third-order valence-electron chi connectivity index (χ3n) is 3.45. The summed E-state index contributed by atoms with van der Waals surface area (Å²) in [6.07, 6.45) is 2.80. The average molecular weight is 337 g/mol. The van der Waals surface area contributed by atoms with Gasteiger partial charge in [0.25, 0.3) is 0 Å². The molecule has 1 aliphatic heterocycles. The Balaban J connectivity index is 1.70. The van der Waals surface area contributed by atoms with Crippen molar-refractivity contribution >= 4 is 17.3 Å². The van der Waals surface area contributed by atoms with Gasteiger partial charge in [0, 0.05) is 25.7 Å². The molecule has 0 aromatic carbocycles. The second-order valence-electron chi connectivity index (χ2n) is 5.21. The van der Waals surface area contributed by atoms with Gasteiger partial charge in [0.05, 0.1) is 30.8 Å². The van der Waals surface area contributed by atoms with Crippen LogP contribution >= 0.6 is 0 Å². The normalized spacial score (nSPS) is 16.5. The van der Waals surface area contributed by atoms with Gasteiger partial charge in [0.15, 0.2) is 17.2 Å². The van der Waals surface area contributed by atoms with E-state index >= 15 is 0 Å². The van der Waals surface area contributed by atoms with Gasteiger partial charge in [-0.2, -0.15) is 10.5 Å². The van der Waals surface area contributed by atoms with Gasteiger partial charge >= 0.3 is 0 Å². The quantitative estimate of drug-likeness (QED) is 0.689. The Hall–Kier alpha value is -3.34. The van der Waals surface area contributed by atoms with Crippen molar-refractivity contribution in [1.82, 2.24) is 25.5 Å². The maximum atomic E-state index is 9.18. The molecule has 0 saturated carbocycles. The summed E-state index contributed by atoms with van der Waals surface area (Å²) in [4.78, 5) is 7.98. The van der Waals surface area contributed by atoms with E-state index in [9.17, 15) is 5.26 Å². The lowest BCUT2D eigenvalue weighted by molar-refractivity contribution is 0.0372. The number of nitrogens with zero attached hydrogens (tertiary/aromatic N) is 6. The van der Waals surface area contributed by atoms with Crippen molar-refractivity contribution in [1.29, 1.82) is 10.5 Å². The fourth-order valence-electron chi connectivity index (χ4n) is 2.23. The van der Waals surface area contributed by atoms with Crippen LogP contribution in [-0.2, 0) is 4.74 Å². The van der Waals surface area contributed by atoms with Gasteiger partial charge in [-0.05, 0) is 0 Å². The number of hydrogen-bond donors (Lipinski definition) is 3. The van der Waals surface area contributed by atoms with Gasteiger partial charge in [-0.3, -0.25) is 0 Å². The monoisotopic (exact) mass is 337 g/mol. The summed E-state index contributed by atoms with van der Waals surface area (Å²) >= 11 is 0. The van der Waals surface area contributed by atoms with Crippen LogP contribution in [0.25, 0.3) is 0 Å². The molecule has 0 amide bonds. The zero-order valence-corrected chi connectivity index (χ0v) is 13.2. The summed E-state index contributed by atoms with van der Waals surface area (Å²) in [7, 11) is 0. The van der Waals surface area contributed by atoms with Crippen LogP contribution in [0.5, 0.6) is 0 Å². The number of rotatable bonds is 5. The highest BCUT2D eigenvalue weighted by Gasteiger charge is 2.15. The highest BCUT2D eigenvalue weighted by atomic mass is 16.5. The van der Waals surface area contributed by atoms with E-state index in [1.165, 1.54) is 12.4 Å². The molecule has 0 unspecified atom stereocenters. The third kappa shape index (κ3) is 4.35. The van der Waals surface area contributed by atoms with Crippen LogP contribution in [-0.4, -0.2) is 52.5 Å². The van der Waals surface area contributed by atoms with Crippen molar-refractivity contribution in [2.75, 3.05) is 36.9 Å². The Morgan fingerprint density at radius 3 is 2.80 bits per heavy atom. The smallest absolute Gasteiger partial charge is 0.186 e. The Morgan fingerprint density at radius 1 is 1.20 bits per heavy atom. The van der Waals surface area contributed by atoms with Crippen molar-refractivity contribution in [3.8, 4) is 12.1 Å². The molecule has 1 saturated heterocycles. The highest BCUT2D eigenvalue weighted by molar-refractivity contribution is 5.62. The summed E-state index contributed by atoms with van der Waals surface area (Å²) in [5.74, 6) is 0.826. The molecule has 25 heavy (non-hydrogen) atoms. The minimum Gasteiger partial charge on any atom is -0.380 e. The lowest BCUT2D eigenvalue weighted by Gasteiger charge is -2.24. The van der Waals surface area contributed by atoms with Gasteiger partial charge in [0.2, 0.25) is 0 Å². The summed E-state index contributed by atoms with van der Waals surface area (Å²) < 4.78 is 5.62. The molecule has 0 radical (unpaired) electrons. The van der Waals surface area contributed by atoms with Crippen LogP contribution in [0.4, 0.5) is 17.3 Å². The SMILES string of the molecule is N#Cc1cnc(Nc2cc(NC[C@H]3CNCCO3)c(C#N)nn2)cn1. The minimum atomic E-state index is 0.0225. The van der Waals surface area contributed by atoms with Crippen LogP contribution in [0.15, 0.2) is 18.5 Å². The second-order valence-corrected chi connectivity index (χ2v) is 5.21. The fraction of sp³-hybridized carbons (Fsp3) is 0.333. The lowest BCUT2D eigenvalue weighted by Crippen LogP contribution is -2.42. The second kappa shape index (κ2) is 7.97. The van der Waals surface area contributed by atoms with Crippen LogP contribution in [0.2, 0.25) is 0 Å². The molecule has 10 nitrogen and oxygen atoms in total. The molecule has 2 aromatic rings. The molecule has 3 N–H and O–H groups in total. The molecule has 0 bridgehead atoms. The van der Waals surface area contributed by atoms with E-state index in [1.807, 2.05) is 12.1 Å². The van der Waals surface area contributed by atoms with Gasteiger partial charge in [0.1, 0.15) is 18.0 Å². The molecule has 126 valence electrons. The highest BCUT2D eigenvalue weighted by Crippen LogP contribution is 2.18. The molecule has 3 heterocycles. The maximum absolute atomic E-state index is 9.18. The van der Waals surface area contributed by atoms with Gasteiger partial charge in [-0.1, -0.05) is 0 Å². The first kappa shape index (κ1) is 16.5. The summed E-state index contributed by atoms with van der Waals surface area (Å²) in [5.41, 5.74) is 0.968. The maximum Gasteiger partial charge on any atom is 0.186 e. The molecular weight excluding hydrogens is 322 g/mol. The standard InChI is InChI=1S/C15H15N9O/c16-4-10-6-21-15(9-19-10)22-14-3-12(13(5-17)23-24-14)20-8-11-7-18-1-2-25-11/h3,6,9,11,18H,1-2,7-8H2,(H2,20,21,22,24)/t11-/m1/s1. The van der Waals surface area contributed by atoms with E-state index < -0.39 is 0 Å². The van der Waals surface area contributed by atoms with Gasteiger partial charge in [-0.25, -0.2) is 9.97 Å². The number of anilines is 3. The first-order valence-electron chi connectivity index (χ1n) is 7.61. The number of nitrogens with one attached hydrogen (secondary N) is 3. The third-order valence-corrected chi connectivity index (χ3v) is 3.45. The molecule has 0 spiro atoms. The topological polar surface area (TPSA) is 144 Å². The molecule has 1 aliphatic rings. The summed E-state index contributed by atoms with van der Waals surface area (Å²) in [6.45, 7) is 2.80. The molecule has 3 rings (SSSR count). The molecular formula is C15H15N9O. The number of nitriles is 2. The van der Waals surface area contributed by atoms with Crippen molar-refractivity contribution in [2.24, 2.45) is 0 Å². The average Bonchev–Trinajstić information content (AvgIpc) is 2.68. The van der Waals surface area contributed by atoms with Crippen LogP contribution in [0, 0.1) is 22.7 Å². The largest absolute Gasteiger partial charge is 0.380 e. The summed E-state index contributed by atoms with van der Waals surface area (Å²) in [5, 5.41) is 35.1. The van der Waals surface area contributed by atoms with Gasteiger partial charge < -0.3 is 20.7 Å². The first-order chi connectivity index (χ1) is 12.3. The van der Waals surface area contributed by atoms with Crippen LogP contribution < -0.4 is 16.0 Å². The molecule has 2 aromatic heterocycles. The van der Waals surface area contributed by atoms with E-state index in [1.54, 1.807) is 6.07 Å². The molecule has 10 heteroatoms. The predicted molar refractivity (Wildman–Crippen MR) is 87.9 cm³/mol. The first-order valence-corrected chi connectivity index (χ1v) is 7.61. The Bertz CT molecular complexity index is 803. The van der Waals surface area contributed by atoms with Crippen LogP contribution in [0.3, 0.4) is 0 Å². The van der Waals surface area contributed by atoms with Crippen LogP contribution in [0.1, 0.15) is 11.4 Å². The Kier molecular flexibility index (Phi) is 5.26. The Morgan fingerprint density at radius 2 is 2.12 bits per heavy atom. The fourth-order valence-corrected chi connectivity index (χ4v) is 2.23. The molecule has 0 aliphatic carbocycles. The molecule has 1 atom stereocenters. The number of aromatic nitrogens is 4. The molecule has 1 fully saturated rings. The summed E-state index contributed by atoms with van der Waals surface area (Å²) in [6, 6.07) is 5.57. The number of ether oxygens (including phenoxy) is 1. The van der Waals surface area contributed by atoms with Crippen molar-refractivity contribution in [3.63, 3.8) is 0 Å². The van der Waals surface area contributed by atoms with E-state index in [0.717, 1.165) is 13.1 Å². The van der Waals surface area contributed by atoms with E-state index in [0.29, 0.717) is 30.5 Å². The minimum absolute atomic E-state index is 0.0225. The zero-order chi connectivity index (χ0) is 17.5. The van der Waals surface area contributed by atoms with E-state index in [-0.39, 0.29) is 17.5 Å². The number of morpholine rings is 1. The van der Waals surface area contributed by atoms with E-state index in [2.05, 4.69) is 36.1 Å². The lowest BCUT2D eigenvalue weighted by atomic mass is 10.2. The van der Waals surface area contributed by atoms with Gasteiger partial charge in [-0.15, -0.1) is 10.2 Å². The van der Waals surface area contributed by atoms with E-state index in [4.69, 9.17) is 10.00 Å². The Labute approximate surface area is 143 Å². The number of hydrogen-bond acceptors (Lipinski definition) is 10.